The lowest BCUT2D eigenvalue weighted by molar-refractivity contribution is -0.110. The normalized spacial score (nSPS) is 13.4. The first-order valence-electron chi connectivity index (χ1n) is 2.33. The summed E-state index contributed by atoms with van der Waals surface area (Å²) in [5, 5.41) is 0.419. The highest BCUT2D eigenvalue weighted by Crippen LogP contribution is 2.11. The maximum Gasteiger partial charge on any atom is 0.201 e. The van der Waals surface area contributed by atoms with Crippen LogP contribution in [0.25, 0.3) is 0 Å². The van der Waals surface area contributed by atoms with Crippen LogP contribution in [-0.4, -0.2) is 22.9 Å². The summed E-state index contributed by atoms with van der Waals surface area (Å²) in [6, 6.07) is 0. The van der Waals surface area contributed by atoms with Crippen LogP contribution in [-0.2, 0) is 4.79 Å². The van der Waals surface area contributed by atoms with Crippen molar-refractivity contribution >= 4 is 28.6 Å². The fraction of sp³-hybridized carbons (Fsp3) is 0.800. The maximum atomic E-state index is 10.7. The molecule has 8 heavy (non-hydrogen) atoms. The molecule has 0 rings (SSSR count). The summed E-state index contributed by atoms with van der Waals surface area (Å²) in [5.41, 5.74) is 0. The standard InChI is InChI=1S/C5H10OS2/c1-4(7-2)5(6)8-3/h4H,1-3H3. The lowest BCUT2D eigenvalue weighted by Crippen LogP contribution is -2.06. The van der Waals surface area contributed by atoms with Crippen LogP contribution in [0.3, 0.4) is 0 Å². The molecule has 1 unspecified atom stereocenters. The Morgan fingerprint density at radius 2 is 2.00 bits per heavy atom. The Balaban J connectivity index is 3.46. The van der Waals surface area contributed by atoms with Crippen LogP contribution < -0.4 is 0 Å². The second-order valence-corrected chi connectivity index (χ2v) is 3.39. The second kappa shape index (κ2) is 4.27. The van der Waals surface area contributed by atoms with Crippen molar-refractivity contribution < 1.29 is 4.79 Å². The molecule has 0 aromatic heterocycles. The molecule has 0 aromatic carbocycles. The molecule has 0 aliphatic heterocycles. The molecule has 0 spiro atoms. The summed E-state index contributed by atoms with van der Waals surface area (Å²) in [6.45, 7) is 1.92. The van der Waals surface area contributed by atoms with Gasteiger partial charge in [0, 0.05) is 0 Å². The molecule has 0 amide bonds. The van der Waals surface area contributed by atoms with Gasteiger partial charge in [0.15, 0.2) is 0 Å². The van der Waals surface area contributed by atoms with Crippen molar-refractivity contribution in [2.24, 2.45) is 0 Å². The smallest absolute Gasteiger partial charge is 0.201 e. The molecule has 1 nitrogen and oxygen atoms in total. The molecular formula is C5H10OS2. The van der Waals surface area contributed by atoms with Gasteiger partial charge in [0.25, 0.3) is 0 Å². The second-order valence-electron chi connectivity index (χ2n) is 1.40. The Morgan fingerprint density at radius 1 is 1.50 bits per heavy atom. The number of hydrogen-bond donors (Lipinski definition) is 0. The molecule has 0 aromatic rings. The van der Waals surface area contributed by atoms with Gasteiger partial charge < -0.3 is 0 Å². The van der Waals surface area contributed by atoms with Crippen LogP contribution in [0.1, 0.15) is 6.92 Å². The van der Waals surface area contributed by atoms with Crippen LogP contribution in [0.2, 0.25) is 0 Å². The summed E-state index contributed by atoms with van der Waals surface area (Å²) < 4.78 is 0. The van der Waals surface area contributed by atoms with E-state index in [0.717, 1.165) is 0 Å². The van der Waals surface area contributed by atoms with Gasteiger partial charge in [0.2, 0.25) is 5.12 Å². The van der Waals surface area contributed by atoms with E-state index in [2.05, 4.69) is 0 Å². The Labute approximate surface area is 58.6 Å². The summed E-state index contributed by atoms with van der Waals surface area (Å²) >= 11 is 2.88. The molecule has 0 heterocycles. The lowest BCUT2D eigenvalue weighted by Gasteiger charge is -2.01. The number of carbonyl (C=O) groups excluding carboxylic acids is 1. The fourth-order valence-corrected chi connectivity index (χ4v) is 1.36. The average molecular weight is 150 g/mol. The van der Waals surface area contributed by atoms with E-state index in [0.29, 0.717) is 0 Å². The highest BCUT2D eigenvalue weighted by molar-refractivity contribution is 8.15. The van der Waals surface area contributed by atoms with Gasteiger partial charge in [0.1, 0.15) is 0 Å². The number of hydrogen-bond acceptors (Lipinski definition) is 3. The van der Waals surface area contributed by atoms with Crippen molar-refractivity contribution in [3.8, 4) is 0 Å². The van der Waals surface area contributed by atoms with Crippen LogP contribution >= 0.6 is 23.5 Å². The minimum Gasteiger partial charge on any atom is -0.286 e. The molecule has 0 radical (unpaired) electrons. The number of rotatable bonds is 2. The van der Waals surface area contributed by atoms with E-state index in [1.54, 1.807) is 11.8 Å². The monoisotopic (exact) mass is 150 g/mol. The zero-order valence-electron chi connectivity index (χ0n) is 5.30. The molecule has 0 fully saturated rings. The third-order valence-electron chi connectivity index (χ3n) is 0.887. The molecule has 3 heteroatoms. The van der Waals surface area contributed by atoms with Gasteiger partial charge in [-0.1, -0.05) is 11.8 Å². The predicted molar refractivity (Wildman–Crippen MR) is 41.5 cm³/mol. The third-order valence-corrected chi connectivity index (χ3v) is 2.71. The molecule has 0 N–H and O–H groups in total. The zero-order valence-corrected chi connectivity index (χ0v) is 6.94. The van der Waals surface area contributed by atoms with Gasteiger partial charge >= 0.3 is 0 Å². The summed E-state index contributed by atoms with van der Waals surface area (Å²) in [6.07, 6.45) is 3.76. The molecular weight excluding hydrogens is 140 g/mol. The van der Waals surface area contributed by atoms with Crippen molar-refractivity contribution in [1.82, 2.24) is 0 Å². The van der Waals surface area contributed by atoms with Gasteiger partial charge in [-0.15, -0.1) is 0 Å². The molecule has 0 aliphatic carbocycles. The number of carbonyl (C=O) groups is 1. The maximum absolute atomic E-state index is 10.7. The number of thioether (sulfide) groups is 2. The highest BCUT2D eigenvalue weighted by Gasteiger charge is 2.07. The van der Waals surface area contributed by atoms with E-state index < -0.39 is 0 Å². The first kappa shape index (κ1) is 8.37. The first-order chi connectivity index (χ1) is 3.72. The van der Waals surface area contributed by atoms with E-state index in [4.69, 9.17) is 0 Å². The van der Waals surface area contributed by atoms with Crippen molar-refractivity contribution in [2.45, 2.75) is 12.2 Å². The molecule has 0 aliphatic rings. The Bertz CT molecular complexity index is 82.5. The minimum absolute atomic E-state index is 0.157. The predicted octanol–water partition coefficient (Wildman–Crippen LogP) is 1.63. The average Bonchev–Trinajstić information content (AvgIpc) is 1.84. The molecule has 0 bridgehead atoms. The summed E-state index contributed by atoms with van der Waals surface area (Å²) in [4.78, 5) is 10.7. The van der Waals surface area contributed by atoms with Gasteiger partial charge in [-0.3, -0.25) is 4.79 Å². The van der Waals surface area contributed by atoms with Gasteiger partial charge in [-0.2, -0.15) is 11.8 Å². The Hall–Kier alpha value is 0.370. The van der Waals surface area contributed by atoms with E-state index >= 15 is 0 Å². The van der Waals surface area contributed by atoms with Gasteiger partial charge in [-0.05, 0) is 19.4 Å². The van der Waals surface area contributed by atoms with E-state index in [-0.39, 0.29) is 10.4 Å². The zero-order chi connectivity index (χ0) is 6.57. The van der Waals surface area contributed by atoms with Gasteiger partial charge in [0.05, 0.1) is 5.25 Å². The molecule has 48 valence electrons. The Morgan fingerprint density at radius 3 is 2.12 bits per heavy atom. The third kappa shape index (κ3) is 2.62. The summed E-state index contributed by atoms with van der Waals surface area (Å²) in [5.74, 6) is 0. The van der Waals surface area contributed by atoms with E-state index in [1.807, 2.05) is 19.4 Å². The van der Waals surface area contributed by atoms with Crippen molar-refractivity contribution in [1.29, 1.82) is 0 Å². The fourth-order valence-electron chi connectivity index (χ4n) is 0.262. The van der Waals surface area contributed by atoms with Crippen molar-refractivity contribution in [3.63, 3.8) is 0 Å². The Kier molecular flexibility index (Phi) is 4.47. The molecule has 1 atom stereocenters. The van der Waals surface area contributed by atoms with Crippen LogP contribution in [0.15, 0.2) is 0 Å². The quantitative estimate of drug-likeness (QED) is 0.595. The van der Waals surface area contributed by atoms with Crippen LogP contribution in [0, 0.1) is 0 Å². The molecule has 0 saturated carbocycles. The van der Waals surface area contributed by atoms with Crippen molar-refractivity contribution in [2.75, 3.05) is 12.5 Å². The SMILES string of the molecule is CSC(=O)C(C)SC. The first-order valence-corrected chi connectivity index (χ1v) is 4.84. The van der Waals surface area contributed by atoms with Crippen LogP contribution in [0.5, 0.6) is 0 Å². The topological polar surface area (TPSA) is 17.1 Å². The largest absolute Gasteiger partial charge is 0.286 e. The lowest BCUT2D eigenvalue weighted by atomic mass is 10.5. The van der Waals surface area contributed by atoms with E-state index in [1.165, 1.54) is 11.8 Å². The highest BCUT2D eigenvalue weighted by atomic mass is 32.2. The van der Waals surface area contributed by atoms with E-state index in [9.17, 15) is 4.79 Å². The van der Waals surface area contributed by atoms with Gasteiger partial charge in [-0.25, -0.2) is 0 Å². The molecule has 0 saturated heterocycles. The van der Waals surface area contributed by atoms with Crippen LogP contribution in [0.4, 0.5) is 0 Å². The summed E-state index contributed by atoms with van der Waals surface area (Å²) in [7, 11) is 0. The minimum atomic E-state index is 0.157. The van der Waals surface area contributed by atoms with Crippen molar-refractivity contribution in [3.05, 3.63) is 0 Å².